The van der Waals surface area contributed by atoms with Crippen molar-refractivity contribution in [2.45, 2.75) is 74.5 Å². The van der Waals surface area contributed by atoms with Crippen LogP contribution in [0.2, 0.25) is 0 Å². The van der Waals surface area contributed by atoms with Crippen molar-refractivity contribution in [1.29, 1.82) is 0 Å². The van der Waals surface area contributed by atoms with E-state index in [2.05, 4.69) is 42.7 Å². The molecule has 3 heterocycles. The topological polar surface area (TPSA) is 35.9 Å². The number of ether oxygens (including phenoxy) is 1. The largest absolute Gasteiger partial charge is 0.510 e. The SMILES string of the molecule is [2H]C([2H])(c1ccnc(-n2c3[c-]c(Oc4[c-]c(-n5[c-][n+](-c6c(-c7cccc(C([2H])([2H])C(C)(C)C)c7)cccc6-c6cccc(C([2H])([2H])C(C)(C)C)c6)c6ccccc65)ccc4)ccc3c3ccccc32)c1)C(C)C.[Pt]. The summed E-state index contributed by atoms with van der Waals surface area (Å²) in [6.07, 6.45) is 0.544. The van der Waals surface area contributed by atoms with Crippen molar-refractivity contribution < 1.29 is 38.6 Å². The van der Waals surface area contributed by atoms with Crippen molar-refractivity contribution >= 4 is 32.8 Å². The van der Waals surface area contributed by atoms with Gasteiger partial charge in [-0.3, -0.25) is 4.57 Å². The van der Waals surface area contributed by atoms with Crippen LogP contribution in [0.25, 0.3) is 72.3 Å². The Kier molecular flexibility index (Phi) is 10.9. The van der Waals surface area contributed by atoms with Crippen LogP contribution in [0.4, 0.5) is 0 Å². The first-order chi connectivity index (χ1) is 34.6. The van der Waals surface area contributed by atoms with Crippen LogP contribution in [0.1, 0.15) is 80.3 Å². The summed E-state index contributed by atoms with van der Waals surface area (Å²) in [5.41, 5.74) is 8.54. The number of para-hydroxylation sites is 4. The van der Waals surface area contributed by atoms with Crippen LogP contribution < -0.4 is 9.30 Å². The van der Waals surface area contributed by atoms with Gasteiger partial charge in [0.15, 0.2) is 0 Å². The summed E-state index contributed by atoms with van der Waals surface area (Å²) in [5, 5.41) is 1.97. The zero-order valence-corrected chi connectivity index (χ0v) is 42.0. The summed E-state index contributed by atoms with van der Waals surface area (Å²) >= 11 is 0. The number of nitrogens with zero attached hydrogens (tertiary/aromatic N) is 4. The van der Waals surface area contributed by atoms with E-state index >= 15 is 0 Å². The molecule has 5 nitrogen and oxygen atoms in total. The Bertz CT molecular complexity index is 3640. The van der Waals surface area contributed by atoms with E-state index in [1.165, 1.54) is 0 Å². The number of fused-ring (bicyclic) bond motifs is 4. The van der Waals surface area contributed by atoms with Crippen molar-refractivity contribution in [3.63, 3.8) is 0 Å². The molecule has 3 aromatic heterocycles. The number of imidazole rings is 1. The maximum Gasteiger partial charge on any atom is 0.268 e. The van der Waals surface area contributed by atoms with E-state index in [0.717, 1.165) is 60.8 Å². The molecule has 0 aliphatic rings. The fourth-order valence-electron chi connectivity index (χ4n) is 8.93. The van der Waals surface area contributed by atoms with Crippen molar-refractivity contribution in [1.82, 2.24) is 14.1 Å². The fraction of sp³-hybridized carbons (Fsp3) is 0.226. The third-order valence-electron chi connectivity index (χ3n) is 11.4. The number of rotatable bonds is 11. The Morgan fingerprint density at radius 2 is 1.24 bits per heavy atom. The Hall–Kier alpha value is -6.55. The van der Waals surface area contributed by atoms with Crippen molar-refractivity contribution in [2.75, 3.05) is 0 Å². The summed E-state index contributed by atoms with van der Waals surface area (Å²) in [6, 6.07) is 58.0. The Balaban J connectivity index is 0.00000672. The average molecular weight is 1080 g/mol. The van der Waals surface area contributed by atoms with Crippen LogP contribution in [0, 0.1) is 35.2 Å². The minimum absolute atomic E-state index is 0. The van der Waals surface area contributed by atoms with Gasteiger partial charge >= 0.3 is 0 Å². The van der Waals surface area contributed by atoms with E-state index in [9.17, 15) is 5.48 Å². The minimum Gasteiger partial charge on any atom is -0.510 e. The van der Waals surface area contributed by atoms with Gasteiger partial charge in [0, 0.05) is 52.5 Å². The molecular weight excluding hydrogens is 1010 g/mol. The second-order valence-corrected chi connectivity index (χ2v) is 19.5. The summed E-state index contributed by atoms with van der Waals surface area (Å²) < 4.78 is 67.2. The summed E-state index contributed by atoms with van der Waals surface area (Å²) in [7, 11) is 0. The molecule has 0 aliphatic heterocycles. The number of benzene rings is 7. The first-order valence-corrected chi connectivity index (χ1v) is 23.0. The van der Waals surface area contributed by atoms with Gasteiger partial charge in [0.1, 0.15) is 5.82 Å². The van der Waals surface area contributed by atoms with E-state index in [0.29, 0.717) is 39.7 Å². The molecule has 0 fully saturated rings. The molecule has 0 N–H and O–H groups in total. The molecule has 0 radical (unpaired) electrons. The van der Waals surface area contributed by atoms with E-state index in [4.69, 9.17) is 12.5 Å². The molecule has 68 heavy (non-hydrogen) atoms. The van der Waals surface area contributed by atoms with Gasteiger partial charge in [0.25, 0.3) is 6.33 Å². The van der Waals surface area contributed by atoms with Gasteiger partial charge in [-0.05, 0) is 104 Å². The Labute approximate surface area is 424 Å². The van der Waals surface area contributed by atoms with Gasteiger partial charge in [-0.2, -0.15) is 18.2 Å². The standard InChI is InChI=1S/C62H58N4O.Pt/c1-42(2)33-43-31-32-63-59(36-43)66-55-26-10-9-23-53(55)54-30-29-50(38-58(54)66)67-49-22-15-21-48(37-49)64-41-65(57-28-12-11-27-56(57)64)60-51(46-19-13-17-44(34-46)39-61(3,4)5)24-16-25-52(60)47-20-14-18-45(35-47)40-62(6,7)8;/h9-32,34-36,42H,33,39-40H2,1-8H3;/q-2;/i33D2,39D2,40D2;. The number of pyridine rings is 1. The first-order valence-electron chi connectivity index (χ1n) is 26.0. The predicted octanol–water partition coefficient (Wildman–Crippen LogP) is 15.3. The van der Waals surface area contributed by atoms with Gasteiger partial charge in [-0.25, -0.2) is 4.98 Å². The molecule has 0 atom stereocenters. The molecule has 6 heteroatoms. The van der Waals surface area contributed by atoms with Crippen molar-refractivity contribution in [3.05, 3.63) is 199 Å². The molecule has 7 aromatic carbocycles. The Morgan fingerprint density at radius 3 is 1.91 bits per heavy atom. The molecule has 0 unspecified atom stereocenters. The van der Waals surface area contributed by atoms with E-state index in [1.54, 1.807) is 12.3 Å². The van der Waals surface area contributed by atoms with Crippen LogP contribution in [0.3, 0.4) is 0 Å². The third kappa shape index (κ3) is 9.73. The Morgan fingerprint density at radius 1 is 0.618 bits per heavy atom. The molecule has 10 aromatic rings. The van der Waals surface area contributed by atoms with Crippen molar-refractivity contribution in [3.8, 4) is 50.9 Å². The summed E-state index contributed by atoms with van der Waals surface area (Å²) in [6.45, 7) is 15.3. The smallest absolute Gasteiger partial charge is 0.268 e. The van der Waals surface area contributed by atoms with Gasteiger partial charge in [-0.1, -0.05) is 170 Å². The van der Waals surface area contributed by atoms with Gasteiger partial charge < -0.3 is 13.9 Å². The molecule has 0 amide bonds. The molecule has 0 saturated heterocycles. The maximum atomic E-state index is 9.23. The monoisotopic (exact) mass is 1080 g/mol. The molecule has 344 valence electrons. The van der Waals surface area contributed by atoms with Crippen LogP contribution in [-0.2, 0) is 40.2 Å². The minimum atomic E-state index is -1.64. The van der Waals surface area contributed by atoms with E-state index < -0.39 is 29.9 Å². The number of hydrogen-bond donors (Lipinski definition) is 0. The molecular formula is C62H58N4OPt-2. The van der Waals surface area contributed by atoms with Crippen molar-refractivity contribution in [2.24, 2.45) is 16.7 Å². The summed E-state index contributed by atoms with van der Waals surface area (Å²) in [4.78, 5) is 4.74. The maximum absolute atomic E-state index is 9.23. The zero-order valence-electron chi connectivity index (χ0n) is 45.7. The zero-order chi connectivity index (χ0) is 51.8. The normalized spacial score (nSPS) is 14.0. The van der Waals surface area contributed by atoms with Crippen LogP contribution in [0.15, 0.2) is 164 Å². The quantitative estimate of drug-likeness (QED) is 0.0956. The molecule has 0 aliphatic carbocycles. The fourth-order valence-corrected chi connectivity index (χ4v) is 8.93. The van der Waals surface area contributed by atoms with Crippen LogP contribution >= 0.6 is 0 Å². The van der Waals surface area contributed by atoms with E-state index in [1.807, 2.05) is 196 Å². The molecule has 0 saturated carbocycles. The second-order valence-electron chi connectivity index (χ2n) is 19.5. The van der Waals surface area contributed by atoms with E-state index in [-0.39, 0.29) is 27.0 Å². The predicted molar refractivity (Wildman–Crippen MR) is 276 cm³/mol. The second kappa shape index (κ2) is 18.9. The van der Waals surface area contributed by atoms with Gasteiger partial charge in [0.05, 0.1) is 16.7 Å². The summed E-state index contributed by atoms with van der Waals surface area (Å²) in [5.74, 6) is 1.26. The van der Waals surface area contributed by atoms with Gasteiger partial charge in [0.2, 0.25) is 0 Å². The molecule has 10 rings (SSSR count). The molecule has 0 bridgehead atoms. The third-order valence-corrected chi connectivity index (χ3v) is 11.4. The van der Waals surface area contributed by atoms with Gasteiger partial charge in [-0.15, -0.1) is 29.7 Å². The van der Waals surface area contributed by atoms with Crippen LogP contribution in [0.5, 0.6) is 11.5 Å². The molecule has 0 spiro atoms. The number of hydrogen-bond acceptors (Lipinski definition) is 2. The number of aromatic nitrogens is 4. The average Bonchev–Trinajstić information content (AvgIpc) is 3.91. The van der Waals surface area contributed by atoms with Crippen LogP contribution in [-0.4, -0.2) is 14.1 Å². The first kappa shape index (κ1) is 39.4.